The highest BCUT2D eigenvalue weighted by atomic mass is 19.4. The summed E-state index contributed by atoms with van der Waals surface area (Å²) in [7, 11) is 3.76. The largest absolute Gasteiger partial charge is 0.416 e. The molecule has 0 aliphatic rings. The third-order valence-electron chi connectivity index (χ3n) is 3.12. The highest BCUT2D eigenvalue weighted by Crippen LogP contribution is 2.29. The normalized spacial score (nSPS) is 11.3. The fourth-order valence-electron chi connectivity index (χ4n) is 1.89. The zero-order valence-electron chi connectivity index (χ0n) is 11.6. The molecule has 2 aromatic rings. The number of halogens is 3. The van der Waals surface area contributed by atoms with Crippen LogP contribution in [0.5, 0.6) is 0 Å². The van der Waals surface area contributed by atoms with Gasteiger partial charge in [0.15, 0.2) is 5.78 Å². The molecule has 0 aliphatic heterocycles. The van der Waals surface area contributed by atoms with Crippen molar-refractivity contribution in [2.24, 2.45) is 0 Å². The van der Waals surface area contributed by atoms with Crippen molar-refractivity contribution >= 4 is 11.5 Å². The molecule has 2 aromatic carbocycles. The predicted octanol–water partition coefficient (Wildman–Crippen LogP) is 4.00. The molecule has 0 atom stereocenters. The Bertz CT molecular complexity index is 628. The number of carbonyl (C=O) groups is 1. The van der Waals surface area contributed by atoms with Crippen LogP contribution in [0.15, 0.2) is 48.5 Å². The summed E-state index contributed by atoms with van der Waals surface area (Å²) in [6, 6.07) is 11.1. The molecule has 5 heteroatoms. The Labute approximate surface area is 120 Å². The molecule has 21 heavy (non-hydrogen) atoms. The lowest BCUT2D eigenvalue weighted by atomic mass is 10.0. The zero-order chi connectivity index (χ0) is 15.6. The SMILES string of the molecule is CN(C)c1ccc(C(=O)c2ccc(C(F)(F)F)cc2)cc1. The van der Waals surface area contributed by atoms with E-state index in [1.807, 2.05) is 19.0 Å². The lowest BCUT2D eigenvalue weighted by Gasteiger charge is -2.12. The minimum Gasteiger partial charge on any atom is -0.378 e. The fourth-order valence-corrected chi connectivity index (χ4v) is 1.89. The Morgan fingerprint density at radius 1 is 0.857 bits per heavy atom. The van der Waals surface area contributed by atoms with Gasteiger partial charge >= 0.3 is 6.18 Å². The molecule has 0 aliphatic carbocycles. The van der Waals surface area contributed by atoms with E-state index in [1.165, 1.54) is 12.1 Å². The van der Waals surface area contributed by atoms with Gasteiger partial charge in [-0.1, -0.05) is 12.1 Å². The summed E-state index contributed by atoms with van der Waals surface area (Å²) >= 11 is 0. The standard InChI is InChI=1S/C16H14F3NO/c1-20(2)14-9-5-12(6-10-14)15(21)11-3-7-13(8-4-11)16(17,18)19/h3-10H,1-2H3. The van der Waals surface area contributed by atoms with Gasteiger partial charge in [0.1, 0.15) is 0 Å². The number of hydrogen-bond acceptors (Lipinski definition) is 2. The monoisotopic (exact) mass is 293 g/mol. The van der Waals surface area contributed by atoms with E-state index in [-0.39, 0.29) is 11.3 Å². The van der Waals surface area contributed by atoms with Crippen LogP contribution in [0.2, 0.25) is 0 Å². The summed E-state index contributed by atoms with van der Waals surface area (Å²) in [6.45, 7) is 0. The molecule has 2 rings (SSSR count). The first kappa shape index (κ1) is 15.1. The van der Waals surface area contributed by atoms with Gasteiger partial charge in [0.05, 0.1) is 5.56 Å². The van der Waals surface area contributed by atoms with Crippen molar-refractivity contribution in [3.63, 3.8) is 0 Å². The third-order valence-corrected chi connectivity index (χ3v) is 3.12. The minimum absolute atomic E-state index is 0.237. The van der Waals surface area contributed by atoms with Crippen LogP contribution in [0.3, 0.4) is 0 Å². The molecule has 0 heterocycles. The van der Waals surface area contributed by atoms with E-state index in [2.05, 4.69) is 0 Å². The average Bonchev–Trinajstić information content (AvgIpc) is 2.46. The smallest absolute Gasteiger partial charge is 0.378 e. The molecular weight excluding hydrogens is 279 g/mol. The van der Waals surface area contributed by atoms with Crippen molar-refractivity contribution < 1.29 is 18.0 Å². The lowest BCUT2D eigenvalue weighted by molar-refractivity contribution is -0.137. The van der Waals surface area contributed by atoms with Crippen molar-refractivity contribution in [1.82, 2.24) is 0 Å². The topological polar surface area (TPSA) is 20.3 Å². The van der Waals surface area contributed by atoms with Crippen LogP contribution in [-0.4, -0.2) is 19.9 Å². The first-order valence-corrected chi connectivity index (χ1v) is 6.28. The van der Waals surface area contributed by atoms with Gasteiger partial charge in [-0.2, -0.15) is 13.2 Å². The maximum atomic E-state index is 12.5. The number of ketones is 1. The maximum Gasteiger partial charge on any atom is 0.416 e. The van der Waals surface area contributed by atoms with Crippen LogP contribution in [0.25, 0.3) is 0 Å². The van der Waals surface area contributed by atoms with Gasteiger partial charge in [0, 0.05) is 30.9 Å². The van der Waals surface area contributed by atoms with E-state index in [9.17, 15) is 18.0 Å². The number of nitrogens with zero attached hydrogens (tertiary/aromatic N) is 1. The molecule has 2 nitrogen and oxygen atoms in total. The van der Waals surface area contributed by atoms with Crippen LogP contribution in [0.1, 0.15) is 21.5 Å². The average molecular weight is 293 g/mol. The number of rotatable bonds is 3. The Kier molecular flexibility index (Phi) is 4.02. The first-order chi connectivity index (χ1) is 9.79. The highest BCUT2D eigenvalue weighted by molar-refractivity contribution is 6.09. The zero-order valence-corrected chi connectivity index (χ0v) is 11.6. The molecule has 0 bridgehead atoms. The molecule has 110 valence electrons. The fraction of sp³-hybridized carbons (Fsp3) is 0.188. The summed E-state index contributed by atoms with van der Waals surface area (Å²) in [5.41, 5.74) is 0.863. The molecule has 0 spiro atoms. The molecule has 0 amide bonds. The number of alkyl halides is 3. The number of anilines is 1. The van der Waals surface area contributed by atoms with E-state index in [0.29, 0.717) is 5.56 Å². The van der Waals surface area contributed by atoms with Crippen LogP contribution in [0.4, 0.5) is 18.9 Å². The lowest BCUT2D eigenvalue weighted by Crippen LogP contribution is -2.09. The molecule has 0 aromatic heterocycles. The number of benzene rings is 2. The second-order valence-corrected chi connectivity index (χ2v) is 4.85. The van der Waals surface area contributed by atoms with Crippen LogP contribution < -0.4 is 4.90 Å². The summed E-state index contributed by atoms with van der Waals surface area (Å²) in [5.74, 6) is -0.297. The van der Waals surface area contributed by atoms with Gasteiger partial charge in [0.2, 0.25) is 0 Å². The van der Waals surface area contributed by atoms with E-state index in [4.69, 9.17) is 0 Å². The number of hydrogen-bond donors (Lipinski definition) is 0. The van der Waals surface area contributed by atoms with Gasteiger partial charge in [-0.25, -0.2) is 0 Å². The molecule has 0 saturated heterocycles. The Hall–Kier alpha value is -2.30. The van der Waals surface area contributed by atoms with Crippen LogP contribution >= 0.6 is 0 Å². The first-order valence-electron chi connectivity index (χ1n) is 6.28. The second kappa shape index (κ2) is 5.60. The molecule has 0 saturated carbocycles. The minimum atomic E-state index is -4.39. The highest BCUT2D eigenvalue weighted by Gasteiger charge is 2.30. The quantitative estimate of drug-likeness (QED) is 0.797. The third kappa shape index (κ3) is 3.42. The Morgan fingerprint density at radius 3 is 1.67 bits per heavy atom. The molecule has 0 fully saturated rings. The van der Waals surface area contributed by atoms with Crippen molar-refractivity contribution in [2.75, 3.05) is 19.0 Å². The summed E-state index contributed by atoms with van der Waals surface area (Å²) in [5, 5.41) is 0. The second-order valence-electron chi connectivity index (χ2n) is 4.85. The van der Waals surface area contributed by atoms with Crippen LogP contribution in [-0.2, 0) is 6.18 Å². The Balaban J connectivity index is 2.23. The van der Waals surface area contributed by atoms with Crippen molar-refractivity contribution in [2.45, 2.75) is 6.18 Å². The van der Waals surface area contributed by atoms with E-state index >= 15 is 0 Å². The van der Waals surface area contributed by atoms with Gasteiger partial charge in [-0.15, -0.1) is 0 Å². The van der Waals surface area contributed by atoms with Gasteiger partial charge < -0.3 is 4.90 Å². The summed E-state index contributed by atoms with van der Waals surface area (Å²) < 4.78 is 37.4. The predicted molar refractivity (Wildman–Crippen MR) is 75.6 cm³/mol. The number of carbonyl (C=O) groups excluding carboxylic acids is 1. The van der Waals surface area contributed by atoms with Crippen molar-refractivity contribution in [3.05, 3.63) is 65.2 Å². The van der Waals surface area contributed by atoms with Gasteiger partial charge in [0.25, 0.3) is 0 Å². The Morgan fingerprint density at radius 2 is 1.29 bits per heavy atom. The molecule has 0 radical (unpaired) electrons. The van der Waals surface area contributed by atoms with Crippen LogP contribution in [0, 0.1) is 0 Å². The maximum absolute atomic E-state index is 12.5. The van der Waals surface area contributed by atoms with Gasteiger partial charge in [-0.05, 0) is 36.4 Å². The summed E-state index contributed by atoms with van der Waals surface area (Å²) in [4.78, 5) is 14.1. The van der Waals surface area contributed by atoms with E-state index < -0.39 is 11.7 Å². The summed E-state index contributed by atoms with van der Waals surface area (Å²) in [6.07, 6.45) is -4.39. The van der Waals surface area contributed by atoms with E-state index in [0.717, 1.165) is 17.8 Å². The molecule has 0 N–H and O–H groups in total. The van der Waals surface area contributed by atoms with Crippen molar-refractivity contribution in [3.8, 4) is 0 Å². The van der Waals surface area contributed by atoms with E-state index in [1.54, 1.807) is 24.3 Å². The van der Waals surface area contributed by atoms with Crippen molar-refractivity contribution in [1.29, 1.82) is 0 Å². The molecule has 0 unspecified atom stereocenters. The van der Waals surface area contributed by atoms with Gasteiger partial charge in [-0.3, -0.25) is 4.79 Å². The molecular formula is C16H14F3NO.